The van der Waals surface area contributed by atoms with E-state index in [0.717, 1.165) is 17.7 Å². The zero-order valence-corrected chi connectivity index (χ0v) is 16.7. The van der Waals surface area contributed by atoms with Crippen LogP contribution in [-0.4, -0.2) is 29.8 Å². The molecule has 0 fully saturated rings. The number of carbonyl (C=O) groups excluding carboxylic acids is 1. The van der Waals surface area contributed by atoms with Gasteiger partial charge in [-0.05, 0) is 56.0 Å². The van der Waals surface area contributed by atoms with Gasteiger partial charge in [-0.1, -0.05) is 30.7 Å². The summed E-state index contributed by atoms with van der Waals surface area (Å²) in [6.07, 6.45) is 2.58. The molecule has 1 amide bonds. The molecule has 1 aliphatic heterocycles. The predicted molar refractivity (Wildman–Crippen MR) is 110 cm³/mol. The lowest BCUT2D eigenvalue weighted by molar-refractivity contribution is 0.0952. The lowest BCUT2D eigenvalue weighted by Crippen LogP contribution is -2.45. The average Bonchev–Trinajstić information content (AvgIpc) is 2.60. The minimum Gasteiger partial charge on any atom is -0.507 e. The number of rotatable bonds is 3. The maximum Gasteiger partial charge on any atom is 0.275 e. The van der Waals surface area contributed by atoms with Gasteiger partial charge in [0.2, 0.25) is 0 Å². The summed E-state index contributed by atoms with van der Waals surface area (Å²) in [5.41, 5.74) is 5.75. The fraction of sp³-hybridized carbons (Fsp3) is 0.333. The van der Waals surface area contributed by atoms with Gasteiger partial charge in [-0.15, -0.1) is 0 Å². The van der Waals surface area contributed by atoms with Gasteiger partial charge in [0.25, 0.3) is 5.91 Å². The number of phenols is 1. The van der Waals surface area contributed by atoms with Crippen LogP contribution in [0.15, 0.2) is 41.5 Å². The number of amides is 1. The SMILES string of the molecule is CC1CC(C)(C)N(C)c2cc(Cl)c(/C=N\NC(=O)c3ccccc3O)cc21. The Morgan fingerprint density at radius 3 is 2.78 bits per heavy atom. The van der Waals surface area contributed by atoms with Crippen LogP contribution in [0.5, 0.6) is 5.75 Å². The van der Waals surface area contributed by atoms with Gasteiger partial charge in [0.1, 0.15) is 5.75 Å². The number of hydrogen-bond donors (Lipinski definition) is 2. The molecular weight excluding hydrogens is 362 g/mol. The Hall–Kier alpha value is -2.53. The monoisotopic (exact) mass is 385 g/mol. The zero-order valence-electron chi connectivity index (χ0n) is 16.0. The van der Waals surface area contributed by atoms with Gasteiger partial charge in [-0.3, -0.25) is 4.79 Å². The summed E-state index contributed by atoms with van der Waals surface area (Å²) in [5.74, 6) is -0.170. The van der Waals surface area contributed by atoms with Crippen molar-refractivity contribution in [2.24, 2.45) is 5.10 Å². The minimum absolute atomic E-state index is 0.0665. The molecule has 0 bridgehead atoms. The molecule has 1 atom stereocenters. The summed E-state index contributed by atoms with van der Waals surface area (Å²) in [6.45, 7) is 6.66. The fourth-order valence-corrected chi connectivity index (χ4v) is 3.80. The first-order valence-electron chi connectivity index (χ1n) is 8.89. The van der Waals surface area contributed by atoms with Crippen molar-refractivity contribution in [1.82, 2.24) is 5.43 Å². The van der Waals surface area contributed by atoms with Gasteiger partial charge in [0.15, 0.2) is 0 Å². The third kappa shape index (κ3) is 3.78. The maximum atomic E-state index is 12.1. The van der Waals surface area contributed by atoms with E-state index in [1.807, 2.05) is 12.1 Å². The van der Waals surface area contributed by atoms with Gasteiger partial charge in [0, 0.05) is 23.8 Å². The first-order chi connectivity index (χ1) is 12.7. The smallest absolute Gasteiger partial charge is 0.275 e. The Morgan fingerprint density at radius 1 is 1.37 bits per heavy atom. The first-order valence-corrected chi connectivity index (χ1v) is 9.27. The predicted octanol–water partition coefficient (Wildman–Crippen LogP) is 4.53. The second-order valence-corrected chi connectivity index (χ2v) is 8.03. The first kappa shape index (κ1) is 19.2. The summed E-state index contributed by atoms with van der Waals surface area (Å²) < 4.78 is 0. The number of anilines is 1. The lowest BCUT2D eigenvalue weighted by Gasteiger charge is -2.45. The highest BCUT2D eigenvalue weighted by Crippen LogP contribution is 2.44. The van der Waals surface area contributed by atoms with Gasteiger partial charge < -0.3 is 10.0 Å². The number of aromatic hydroxyl groups is 1. The van der Waals surface area contributed by atoms with Crippen LogP contribution < -0.4 is 10.3 Å². The highest BCUT2D eigenvalue weighted by molar-refractivity contribution is 6.33. The quantitative estimate of drug-likeness (QED) is 0.602. The van der Waals surface area contributed by atoms with Crippen molar-refractivity contribution in [3.05, 3.63) is 58.1 Å². The summed E-state index contributed by atoms with van der Waals surface area (Å²) in [6, 6.07) is 10.3. The van der Waals surface area contributed by atoms with Crippen molar-refractivity contribution in [3.63, 3.8) is 0 Å². The van der Waals surface area contributed by atoms with E-state index < -0.39 is 5.91 Å². The molecule has 1 heterocycles. The molecule has 2 aromatic rings. The zero-order chi connectivity index (χ0) is 19.8. The van der Waals surface area contributed by atoms with Crippen molar-refractivity contribution < 1.29 is 9.90 Å². The van der Waals surface area contributed by atoms with Crippen LogP contribution in [0.3, 0.4) is 0 Å². The Kier molecular flexibility index (Phi) is 5.16. The molecule has 0 saturated heterocycles. The van der Waals surface area contributed by atoms with Gasteiger partial charge in [0.05, 0.1) is 16.8 Å². The summed E-state index contributed by atoms with van der Waals surface area (Å²) in [4.78, 5) is 14.4. The van der Waals surface area contributed by atoms with Crippen LogP contribution in [0.25, 0.3) is 0 Å². The molecule has 1 unspecified atom stereocenters. The number of halogens is 1. The van der Waals surface area contributed by atoms with E-state index in [-0.39, 0.29) is 16.9 Å². The number of nitrogens with zero attached hydrogens (tertiary/aromatic N) is 2. The molecular formula is C21H24ClN3O2. The van der Waals surface area contributed by atoms with Crippen LogP contribution in [0.1, 0.15) is 54.6 Å². The molecule has 142 valence electrons. The highest BCUT2D eigenvalue weighted by atomic mass is 35.5. The molecule has 5 nitrogen and oxygen atoms in total. The van der Waals surface area contributed by atoms with Crippen molar-refractivity contribution in [3.8, 4) is 5.75 Å². The minimum atomic E-state index is -0.478. The van der Waals surface area contributed by atoms with E-state index in [9.17, 15) is 9.90 Å². The van der Waals surface area contributed by atoms with E-state index >= 15 is 0 Å². The summed E-state index contributed by atoms with van der Waals surface area (Å²) >= 11 is 6.45. The molecule has 27 heavy (non-hydrogen) atoms. The molecule has 0 spiro atoms. The van der Waals surface area contributed by atoms with Crippen LogP contribution in [-0.2, 0) is 0 Å². The standard InChI is InChI=1S/C21H24ClN3O2/c1-13-11-21(2,3)25(4)18-10-17(22)14(9-16(13)18)12-23-24-20(27)15-7-5-6-8-19(15)26/h5-10,12-13,26H,11H2,1-4H3,(H,24,27)/b23-12-. The van der Waals surface area contributed by atoms with E-state index in [0.29, 0.717) is 10.9 Å². The number of para-hydroxylation sites is 1. The number of hydrogen-bond acceptors (Lipinski definition) is 4. The Balaban J connectivity index is 1.82. The number of carbonyl (C=O) groups is 1. The molecule has 0 radical (unpaired) electrons. The second-order valence-electron chi connectivity index (χ2n) is 7.63. The van der Waals surface area contributed by atoms with E-state index in [1.54, 1.807) is 12.1 Å². The fourth-order valence-electron chi connectivity index (χ4n) is 3.59. The normalized spacial score (nSPS) is 18.4. The maximum absolute atomic E-state index is 12.1. The number of fused-ring (bicyclic) bond motifs is 1. The van der Waals surface area contributed by atoms with Crippen molar-refractivity contribution in [2.45, 2.75) is 38.6 Å². The molecule has 2 aromatic carbocycles. The number of phenolic OH excluding ortho intramolecular Hbond substituents is 1. The molecule has 3 rings (SSSR count). The summed E-state index contributed by atoms with van der Waals surface area (Å²) in [7, 11) is 2.08. The third-order valence-electron chi connectivity index (χ3n) is 5.27. The third-order valence-corrected chi connectivity index (χ3v) is 5.60. The van der Waals surface area contributed by atoms with Crippen molar-refractivity contribution in [2.75, 3.05) is 11.9 Å². The van der Waals surface area contributed by atoms with Gasteiger partial charge in [-0.2, -0.15) is 5.10 Å². The summed E-state index contributed by atoms with van der Waals surface area (Å²) in [5, 5.41) is 14.3. The Morgan fingerprint density at radius 2 is 2.07 bits per heavy atom. The number of nitrogens with one attached hydrogen (secondary N) is 1. The Bertz CT molecular complexity index is 908. The second kappa shape index (κ2) is 7.24. The van der Waals surface area contributed by atoms with Crippen LogP contribution >= 0.6 is 11.6 Å². The molecule has 6 heteroatoms. The van der Waals surface area contributed by atoms with Crippen LogP contribution in [0, 0.1) is 0 Å². The molecule has 0 saturated carbocycles. The number of hydrazone groups is 1. The van der Waals surface area contributed by atoms with Crippen LogP contribution in [0.4, 0.5) is 5.69 Å². The number of benzene rings is 2. The van der Waals surface area contributed by atoms with E-state index in [2.05, 4.69) is 43.2 Å². The average molecular weight is 386 g/mol. The Labute approximate surface area is 164 Å². The molecule has 0 aromatic heterocycles. The molecule has 2 N–H and O–H groups in total. The van der Waals surface area contributed by atoms with Crippen molar-refractivity contribution >= 4 is 29.4 Å². The van der Waals surface area contributed by atoms with Crippen molar-refractivity contribution in [1.29, 1.82) is 0 Å². The topological polar surface area (TPSA) is 64.9 Å². The molecule has 1 aliphatic rings. The lowest BCUT2D eigenvalue weighted by atomic mass is 9.80. The van der Waals surface area contributed by atoms with Gasteiger partial charge >= 0.3 is 0 Å². The van der Waals surface area contributed by atoms with Gasteiger partial charge in [-0.25, -0.2) is 5.43 Å². The van der Waals surface area contributed by atoms with Crippen LogP contribution in [0.2, 0.25) is 5.02 Å². The molecule has 0 aliphatic carbocycles. The van der Waals surface area contributed by atoms with E-state index in [4.69, 9.17) is 11.6 Å². The van der Waals surface area contributed by atoms with E-state index in [1.165, 1.54) is 23.9 Å². The largest absolute Gasteiger partial charge is 0.507 e. The highest BCUT2D eigenvalue weighted by Gasteiger charge is 2.34.